The normalized spacial score (nSPS) is 14.0. The van der Waals surface area contributed by atoms with Crippen molar-refractivity contribution >= 4 is 17.6 Å². The highest BCUT2D eigenvalue weighted by molar-refractivity contribution is 6.06. The van der Waals surface area contributed by atoms with Crippen LogP contribution in [0.25, 0.3) is 0 Å². The molecule has 0 saturated heterocycles. The second-order valence-corrected chi connectivity index (χ2v) is 5.12. The zero-order valence-electron chi connectivity index (χ0n) is 11.4. The summed E-state index contributed by atoms with van der Waals surface area (Å²) in [5.41, 5.74) is 1.59. The number of carboxylic acids is 1. The third kappa shape index (κ3) is 2.65. The van der Waals surface area contributed by atoms with E-state index < -0.39 is 5.97 Å². The lowest BCUT2D eigenvalue weighted by atomic mass is 10.1. The van der Waals surface area contributed by atoms with E-state index in [1.807, 2.05) is 0 Å². The average molecular weight is 286 g/mol. The molecule has 21 heavy (non-hydrogen) atoms. The molecule has 2 aromatic rings. The minimum atomic E-state index is -1.07. The van der Waals surface area contributed by atoms with Gasteiger partial charge in [0.05, 0.1) is 5.56 Å². The number of aromatic nitrogens is 1. The van der Waals surface area contributed by atoms with E-state index in [2.05, 4.69) is 10.5 Å². The maximum Gasteiger partial charge on any atom is 0.335 e. The molecule has 6 heteroatoms. The maximum atomic E-state index is 12.3. The molecule has 0 bridgehead atoms. The van der Waals surface area contributed by atoms with Crippen molar-refractivity contribution in [3.8, 4) is 0 Å². The number of carbonyl (C=O) groups is 2. The number of anilines is 1. The molecule has 1 aromatic carbocycles. The Morgan fingerprint density at radius 2 is 2.05 bits per heavy atom. The predicted octanol–water partition coefficient (Wildman–Crippen LogP) is 2.81. The number of nitrogens with zero attached hydrogens (tertiary/aromatic N) is 1. The van der Waals surface area contributed by atoms with Gasteiger partial charge in [-0.3, -0.25) is 4.79 Å². The Hall–Kier alpha value is -2.63. The molecule has 0 radical (unpaired) electrons. The van der Waals surface area contributed by atoms with Gasteiger partial charge in [-0.2, -0.15) is 0 Å². The Morgan fingerprint density at radius 3 is 2.71 bits per heavy atom. The number of nitrogens with one attached hydrogen (secondary N) is 1. The molecule has 2 N–H and O–H groups in total. The van der Waals surface area contributed by atoms with E-state index in [1.165, 1.54) is 12.1 Å². The number of carbonyl (C=O) groups excluding carboxylic acids is 1. The molecule has 1 fully saturated rings. The fourth-order valence-corrected chi connectivity index (χ4v) is 2.14. The van der Waals surface area contributed by atoms with Gasteiger partial charge in [-0.1, -0.05) is 11.2 Å². The van der Waals surface area contributed by atoms with Crippen molar-refractivity contribution in [3.05, 3.63) is 46.8 Å². The molecule has 1 aliphatic rings. The molecule has 108 valence electrons. The van der Waals surface area contributed by atoms with E-state index in [1.54, 1.807) is 19.1 Å². The minimum absolute atomic E-state index is 0.0760. The van der Waals surface area contributed by atoms with Gasteiger partial charge in [-0.25, -0.2) is 4.79 Å². The lowest BCUT2D eigenvalue weighted by molar-refractivity contribution is 0.0697. The third-order valence-corrected chi connectivity index (χ3v) is 3.45. The Labute approximate surface area is 120 Å². The van der Waals surface area contributed by atoms with Crippen molar-refractivity contribution < 1.29 is 19.2 Å². The zero-order chi connectivity index (χ0) is 15.0. The van der Waals surface area contributed by atoms with E-state index in [-0.39, 0.29) is 17.0 Å². The molecule has 6 nitrogen and oxygen atoms in total. The molecule has 1 heterocycles. The van der Waals surface area contributed by atoms with Gasteiger partial charge in [0.15, 0.2) is 5.76 Å². The van der Waals surface area contributed by atoms with Crippen LogP contribution in [0.5, 0.6) is 0 Å². The number of aromatic carboxylic acids is 1. The van der Waals surface area contributed by atoms with Crippen LogP contribution in [0.2, 0.25) is 0 Å². The summed E-state index contributed by atoms with van der Waals surface area (Å²) >= 11 is 0. The first-order chi connectivity index (χ1) is 10.1. The van der Waals surface area contributed by atoms with Gasteiger partial charge >= 0.3 is 5.97 Å². The fourth-order valence-electron chi connectivity index (χ4n) is 2.14. The second kappa shape index (κ2) is 5.05. The minimum Gasteiger partial charge on any atom is -0.478 e. The Bertz CT molecular complexity index is 716. The largest absolute Gasteiger partial charge is 0.478 e. The molecular weight excluding hydrogens is 272 g/mol. The van der Waals surface area contributed by atoms with Crippen LogP contribution in [0.1, 0.15) is 50.9 Å². The Morgan fingerprint density at radius 1 is 1.33 bits per heavy atom. The molecular formula is C15H14N2O4. The van der Waals surface area contributed by atoms with E-state index in [4.69, 9.17) is 9.63 Å². The van der Waals surface area contributed by atoms with Crippen LogP contribution in [0.3, 0.4) is 0 Å². The van der Waals surface area contributed by atoms with E-state index in [9.17, 15) is 9.59 Å². The van der Waals surface area contributed by atoms with Crippen LogP contribution in [-0.4, -0.2) is 22.1 Å². The number of amides is 1. The smallest absolute Gasteiger partial charge is 0.335 e. The number of hydrogen-bond donors (Lipinski definition) is 2. The third-order valence-electron chi connectivity index (χ3n) is 3.45. The van der Waals surface area contributed by atoms with Gasteiger partial charge in [0.2, 0.25) is 0 Å². The Balaban J connectivity index is 1.85. The van der Waals surface area contributed by atoms with Gasteiger partial charge in [0.25, 0.3) is 5.91 Å². The summed E-state index contributed by atoms with van der Waals surface area (Å²) in [6, 6.07) is 5.90. The van der Waals surface area contributed by atoms with Crippen molar-refractivity contribution in [2.75, 3.05) is 5.32 Å². The van der Waals surface area contributed by atoms with Crippen LogP contribution in [0, 0.1) is 6.92 Å². The predicted molar refractivity (Wildman–Crippen MR) is 74.6 cm³/mol. The topological polar surface area (TPSA) is 92.4 Å². The highest BCUT2D eigenvalue weighted by atomic mass is 16.5. The molecule has 0 aliphatic heterocycles. The molecule has 1 amide bonds. The van der Waals surface area contributed by atoms with Crippen molar-refractivity contribution in [3.63, 3.8) is 0 Å². The monoisotopic (exact) mass is 286 g/mol. The second-order valence-electron chi connectivity index (χ2n) is 5.12. The first-order valence-electron chi connectivity index (χ1n) is 6.67. The summed E-state index contributed by atoms with van der Waals surface area (Å²) in [6.07, 6.45) is 2.07. The van der Waals surface area contributed by atoms with Gasteiger partial charge in [0, 0.05) is 11.5 Å². The van der Waals surface area contributed by atoms with Gasteiger partial charge in [-0.05, 0) is 38.0 Å². The Kier molecular flexibility index (Phi) is 3.21. The summed E-state index contributed by atoms with van der Waals surface area (Å²) in [6.45, 7) is 1.76. The molecule has 0 unspecified atom stereocenters. The van der Waals surface area contributed by atoms with Crippen LogP contribution >= 0.6 is 0 Å². The van der Waals surface area contributed by atoms with Crippen molar-refractivity contribution in [2.24, 2.45) is 0 Å². The van der Waals surface area contributed by atoms with E-state index in [0.717, 1.165) is 12.8 Å². The van der Waals surface area contributed by atoms with Crippen LogP contribution in [0.15, 0.2) is 28.8 Å². The molecule has 3 rings (SSSR count). The summed E-state index contributed by atoms with van der Waals surface area (Å²) in [5, 5.41) is 15.6. The van der Waals surface area contributed by atoms with E-state index in [0.29, 0.717) is 23.1 Å². The van der Waals surface area contributed by atoms with Gasteiger partial charge in [0.1, 0.15) is 11.4 Å². The van der Waals surface area contributed by atoms with E-state index >= 15 is 0 Å². The zero-order valence-corrected chi connectivity index (χ0v) is 11.4. The number of aryl methyl sites for hydroxylation is 1. The average Bonchev–Trinajstić information content (AvgIpc) is 3.25. The van der Waals surface area contributed by atoms with Crippen LogP contribution in [0.4, 0.5) is 5.69 Å². The highest BCUT2D eigenvalue weighted by Gasteiger charge is 2.32. The standard InChI is InChI=1S/C15H14N2O4/c1-8-12(13(21-17-8)9-5-6-9)16-14(18)10-3-2-4-11(7-10)15(19)20/h2-4,7,9H,5-6H2,1H3,(H,16,18)(H,19,20). The number of benzene rings is 1. The number of rotatable bonds is 4. The van der Waals surface area contributed by atoms with Crippen molar-refractivity contribution in [1.29, 1.82) is 0 Å². The van der Waals surface area contributed by atoms with Crippen molar-refractivity contribution in [2.45, 2.75) is 25.7 Å². The SMILES string of the molecule is Cc1noc(C2CC2)c1NC(=O)c1cccc(C(=O)O)c1. The summed E-state index contributed by atoms with van der Waals surface area (Å²) in [4.78, 5) is 23.2. The van der Waals surface area contributed by atoms with Crippen molar-refractivity contribution in [1.82, 2.24) is 5.16 Å². The maximum absolute atomic E-state index is 12.3. The summed E-state index contributed by atoms with van der Waals surface area (Å²) < 4.78 is 5.26. The first-order valence-corrected chi connectivity index (χ1v) is 6.67. The number of hydrogen-bond acceptors (Lipinski definition) is 4. The quantitative estimate of drug-likeness (QED) is 0.901. The molecule has 1 saturated carbocycles. The van der Waals surface area contributed by atoms with Crippen LogP contribution < -0.4 is 5.32 Å². The molecule has 1 aliphatic carbocycles. The lowest BCUT2D eigenvalue weighted by Gasteiger charge is -2.06. The molecule has 0 spiro atoms. The van der Waals surface area contributed by atoms with Crippen LogP contribution in [-0.2, 0) is 0 Å². The highest BCUT2D eigenvalue weighted by Crippen LogP contribution is 2.44. The molecule has 0 atom stereocenters. The van der Waals surface area contributed by atoms with Gasteiger partial charge in [-0.15, -0.1) is 0 Å². The van der Waals surface area contributed by atoms with Gasteiger partial charge < -0.3 is 14.9 Å². The molecule has 1 aromatic heterocycles. The summed E-state index contributed by atoms with van der Waals surface area (Å²) in [5.74, 6) is -0.405. The fraction of sp³-hybridized carbons (Fsp3) is 0.267. The lowest BCUT2D eigenvalue weighted by Crippen LogP contribution is -2.14. The first kappa shape index (κ1) is 13.4. The number of carboxylic acid groups (broad SMARTS) is 1. The summed E-state index contributed by atoms with van der Waals surface area (Å²) in [7, 11) is 0.